The van der Waals surface area contributed by atoms with E-state index in [1.165, 1.54) is 5.56 Å². The summed E-state index contributed by atoms with van der Waals surface area (Å²) in [7, 11) is 0. The molecule has 2 aliphatic rings. The van der Waals surface area contributed by atoms with Gasteiger partial charge in [0.1, 0.15) is 12.6 Å². The van der Waals surface area contributed by atoms with Crippen LogP contribution < -0.4 is 14.8 Å². The second kappa shape index (κ2) is 9.17. The standard InChI is InChI=1S/C23H27N3O4/c1-17(24-22(27)21-16-29-19-9-5-6-10-20(19)30-21)23(28)26-13-11-25(12-14-26)15-18-7-3-2-4-8-18/h2-10,17,21H,11-16H2,1H3,(H,24,27)/t17-,21-/m1/s1. The molecule has 0 radical (unpaired) electrons. The molecule has 0 bridgehead atoms. The zero-order valence-corrected chi connectivity index (χ0v) is 17.1. The fourth-order valence-electron chi connectivity index (χ4n) is 3.76. The molecule has 2 heterocycles. The van der Waals surface area contributed by atoms with E-state index in [4.69, 9.17) is 9.47 Å². The number of carbonyl (C=O) groups is 2. The van der Waals surface area contributed by atoms with E-state index in [9.17, 15) is 9.59 Å². The van der Waals surface area contributed by atoms with E-state index >= 15 is 0 Å². The zero-order valence-electron chi connectivity index (χ0n) is 17.1. The van der Waals surface area contributed by atoms with Gasteiger partial charge in [-0.05, 0) is 24.6 Å². The lowest BCUT2D eigenvalue weighted by atomic mass is 10.2. The van der Waals surface area contributed by atoms with Gasteiger partial charge in [-0.2, -0.15) is 0 Å². The molecule has 158 valence electrons. The summed E-state index contributed by atoms with van der Waals surface area (Å²) in [5, 5.41) is 2.78. The SMILES string of the molecule is C[C@@H](NC(=O)[C@H]1COc2ccccc2O1)C(=O)N1CCN(Cc2ccccc2)CC1. The second-order valence-electron chi connectivity index (χ2n) is 7.68. The molecule has 0 saturated carbocycles. The maximum atomic E-state index is 12.8. The summed E-state index contributed by atoms with van der Waals surface area (Å²) in [6.07, 6.45) is -0.766. The van der Waals surface area contributed by atoms with Crippen LogP contribution in [0.4, 0.5) is 0 Å². The molecule has 2 amide bonds. The van der Waals surface area contributed by atoms with Crippen LogP contribution in [0, 0.1) is 0 Å². The van der Waals surface area contributed by atoms with Gasteiger partial charge in [-0.25, -0.2) is 0 Å². The summed E-state index contributed by atoms with van der Waals surface area (Å²) in [6, 6.07) is 17.0. The summed E-state index contributed by atoms with van der Waals surface area (Å²) in [5.74, 6) is 0.754. The number of para-hydroxylation sites is 2. The molecule has 2 aromatic rings. The van der Waals surface area contributed by atoms with Crippen molar-refractivity contribution in [2.45, 2.75) is 25.6 Å². The number of piperazine rings is 1. The Labute approximate surface area is 176 Å². The van der Waals surface area contributed by atoms with Gasteiger partial charge in [-0.3, -0.25) is 14.5 Å². The Morgan fingerprint density at radius 2 is 1.67 bits per heavy atom. The van der Waals surface area contributed by atoms with Crippen LogP contribution in [0.1, 0.15) is 12.5 Å². The molecule has 4 rings (SSSR count). The lowest BCUT2D eigenvalue weighted by molar-refractivity contribution is -0.140. The number of nitrogens with zero attached hydrogens (tertiary/aromatic N) is 2. The lowest BCUT2D eigenvalue weighted by Gasteiger charge is -2.36. The van der Waals surface area contributed by atoms with Gasteiger partial charge in [0.15, 0.2) is 11.5 Å². The molecule has 0 aromatic heterocycles. The first-order chi connectivity index (χ1) is 14.6. The van der Waals surface area contributed by atoms with E-state index < -0.39 is 12.1 Å². The minimum absolute atomic E-state index is 0.0696. The van der Waals surface area contributed by atoms with Gasteiger partial charge in [0.2, 0.25) is 12.0 Å². The highest BCUT2D eigenvalue weighted by atomic mass is 16.6. The van der Waals surface area contributed by atoms with Gasteiger partial charge in [0.25, 0.3) is 5.91 Å². The van der Waals surface area contributed by atoms with Crippen molar-refractivity contribution < 1.29 is 19.1 Å². The molecule has 0 unspecified atom stereocenters. The first-order valence-corrected chi connectivity index (χ1v) is 10.3. The fraction of sp³-hybridized carbons (Fsp3) is 0.391. The van der Waals surface area contributed by atoms with Crippen LogP contribution in [0.2, 0.25) is 0 Å². The number of amides is 2. The molecule has 1 N–H and O–H groups in total. The number of ether oxygens (including phenoxy) is 2. The maximum absolute atomic E-state index is 12.8. The van der Waals surface area contributed by atoms with Crippen molar-refractivity contribution in [3.8, 4) is 11.5 Å². The van der Waals surface area contributed by atoms with E-state index in [0.717, 1.165) is 19.6 Å². The van der Waals surface area contributed by atoms with E-state index in [-0.39, 0.29) is 18.4 Å². The number of benzene rings is 2. The van der Waals surface area contributed by atoms with Crippen LogP contribution in [-0.2, 0) is 16.1 Å². The molecule has 2 atom stereocenters. The summed E-state index contributed by atoms with van der Waals surface area (Å²) >= 11 is 0. The van der Waals surface area contributed by atoms with E-state index in [1.54, 1.807) is 19.1 Å². The molecule has 1 fully saturated rings. The zero-order chi connectivity index (χ0) is 20.9. The third-order valence-electron chi connectivity index (χ3n) is 5.46. The van der Waals surface area contributed by atoms with Gasteiger partial charge in [0.05, 0.1) is 0 Å². The molecule has 0 aliphatic carbocycles. The first kappa shape index (κ1) is 20.2. The number of fused-ring (bicyclic) bond motifs is 1. The van der Waals surface area contributed by atoms with Crippen molar-refractivity contribution >= 4 is 11.8 Å². The number of hydrogen-bond acceptors (Lipinski definition) is 5. The Morgan fingerprint density at radius 1 is 1.00 bits per heavy atom. The number of carbonyl (C=O) groups excluding carboxylic acids is 2. The number of rotatable bonds is 5. The van der Waals surface area contributed by atoms with Gasteiger partial charge in [-0.1, -0.05) is 42.5 Å². The summed E-state index contributed by atoms with van der Waals surface area (Å²) in [4.78, 5) is 29.5. The Kier molecular flexibility index (Phi) is 6.18. The highest BCUT2D eigenvalue weighted by Gasteiger charge is 2.31. The molecule has 2 aliphatic heterocycles. The van der Waals surface area contributed by atoms with E-state index in [1.807, 2.05) is 35.2 Å². The van der Waals surface area contributed by atoms with Crippen molar-refractivity contribution in [3.63, 3.8) is 0 Å². The molecule has 1 saturated heterocycles. The van der Waals surface area contributed by atoms with Crippen LogP contribution >= 0.6 is 0 Å². The van der Waals surface area contributed by atoms with E-state index in [0.29, 0.717) is 24.6 Å². The topological polar surface area (TPSA) is 71.1 Å². The first-order valence-electron chi connectivity index (χ1n) is 10.3. The summed E-state index contributed by atoms with van der Waals surface area (Å²) in [5.41, 5.74) is 1.27. The maximum Gasteiger partial charge on any atom is 0.265 e. The average molecular weight is 409 g/mol. The predicted octanol–water partition coefficient (Wildman–Crippen LogP) is 1.68. The quantitative estimate of drug-likeness (QED) is 0.814. The van der Waals surface area contributed by atoms with Crippen LogP contribution in [0.25, 0.3) is 0 Å². The van der Waals surface area contributed by atoms with Crippen molar-refractivity contribution in [3.05, 3.63) is 60.2 Å². The predicted molar refractivity (Wildman–Crippen MR) is 112 cm³/mol. The monoisotopic (exact) mass is 409 g/mol. The van der Waals surface area contributed by atoms with Crippen molar-refractivity contribution in [2.24, 2.45) is 0 Å². The fourth-order valence-corrected chi connectivity index (χ4v) is 3.76. The number of hydrogen-bond donors (Lipinski definition) is 1. The lowest BCUT2D eigenvalue weighted by Crippen LogP contribution is -2.56. The normalized spacial score (nSPS) is 19.8. The van der Waals surface area contributed by atoms with Crippen LogP contribution in [-0.4, -0.2) is 66.5 Å². The summed E-state index contributed by atoms with van der Waals surface area (Å²) in [6.45, 7) is 5.67. The molecule has 7 heteroatoms. The van der Waals surface area contributed by atoms with Gasteiger partial charge in [0, 0.05) is 32.7 Å². The van der Waals surface area contributed by atoms with Crippen molar-refractivity contribution in [2.75, 3.05) is 32.8 Å². The highest BCUT2D eigenvalue weighted by molar-refractivity contribution is 5.89. The smallest absolute Gasteiger partial charge is 0.265 e. The highest BCUT2D eigenvalue weighted by Crippen LogP contribution is 2.30. The number of nitrogens with one attached hydrogen (secondary N) is 1. The van der Waals surface area contributed by atoms with Crippen molar-refractivity contribution in [1.29, 1.82) is 0 Å². The van der Waals surface area contributed by atoms with Crippen LogP contribution in [0.15, 0.2) is 54.6 Å². The third kappa shape index (κ3) is 4.74. The largest absolute Gasteiger partial charge is 0.485 e. The minimum Gasteiger partial charge on any atom is -0.485 e. The molecule has 2 aromatic carbocycles. The van der Waals surface area contributed by atoms with E-state index in [2.05, 4.69) is 22.3 Å². The summed E-state index contributed by atoms with van der Waals surface area (Å²) < 4.78 is 11.3. The molecule has 0 spiro atoms. The van der Waals surface area contributed by atoms with Gasteiger partial charge < -0.3 is 19.7 Å². The van der Waals surface area contributed by atoms with Crippen LogP contribution in [0.3, 0.4) is 0 Å². The second-order valence-corrected chi connectivity index (χ2v) is 7.68. The average Bonchev–Trinajstić information content (AvgIpc) is 2.79. The molecule has 7 nitrogen and oxygen atoms in total. The molecular formula is C23H27N3O4. The van der Waals surface area contributed by atoms with Gasteiger partial charge >= 0.3 is 0 Å². The molecular weight excluding hydrogens is 382 g/mol. The Balaban J connectivity index is 1.25. The Hall–Kier alpha value is -3.06. The Morgan fingerprint density at radius 3 is 2.40 bits per heavy atom. The minimum atomic E-state index is -0.766. The van der Waals surface area contributed by atoms with Crippen molar-refractivity contribution in [1.82, 2.24) is 15.1 Å². The van der Waals surface area contributed by atoms with Gasteiger partial charge in [-0.15, -0.1) is 0 Å². The third-order valence-corrected chi connectivity index (χ3v) is 5.46. The Bertz CT molecular complexity index is 881. The molecule has 30 heavy (non-hydrogen) atoms. The van der Waals surface area contributed by atoms with Crippen LogP contribution in [0.5, 0.6) is 11.5 Å².